The van der Waals surface area contributed by atoms with Gasteiger partial charge in [-0.05, 0) is 66.0 Å². The first kappa shape index (κ1) is 21.5. The molecule has 1 aliphatic carbocycles. The number of benzene rings is 2. The molecule has 0 fully saturated rings. The van der Waals surface area contributed by atoms with Crippen molar-refractivity contribution in [3.05, 3.63) is 71.3 Å². The highest BCUT2D eigenvalue weighted by molar-refractivity contribution is 5.40. The molecule has 0 saturated heterocycles. The van der Waals surface area contributed by atoms with E-state index in [1.807, 2.05) is 24.3 Å². The summed E-state index contributed by atoms with van der Waals surface area (Å²) < 4.78 is 9.84. The number of nitriles is 2. The molecule has 2 aromatic rings. The zero-order chi connectivity index (χ0) is 21.8. The largest absolute Gasteiger partial charge is 0.388 e. The van der Waals surface area contributed by atoms with Crippen LogP contribution in [0.1, 0.15) is 58.1 Å². The molecule has 3 rings (SSSR count). The van der Waals surface area contributed by atoms with E-state index in [0.717, 1.165) is 19.3 Å². The Morgan fingerprint density at radius 3 is 1.80 bits per heavy atom. The van der Waals surface area contributed by atoms with Gasteiger partial charge in [0.05, 0.1) is 0 Å². The maximum absolute atomic E-state index is 8.69. The topological polar surface area (TPSA) is 66.0 Å². The maximum atomic E-state index is 8.69. The first-order valence-electron chi connectivity index (χ1n) is 10.3. The molecule has 4 heteroatoms. The van der Waals surface area contributed by atoms with Crippen molar-refractivity contribution in [2.75, 3.05) is 0 Å². The van der Waals surface area contributed by atoms with Crippen molar-refractivity contribution in [1.82, 2.24) is 0 Å². The molecule has 0 N–H and O–H groups in total. The van der Waals surface area contributed by atoms with Gasteiger partial charge in [0.1, 0.15) is 11.5 Å². The van der Waals surface area contributed by atoms with Gasteiger partial charge in [0.15, 0.2) is 0 Å². The molecule has 1 aliphatic rings. The molecule has 2 aromatic carbocycles. The van der Waals surface area contributed by atoms with Gasteiger partial charge in [-0.15, -0.1) is 10.5 Å². The van der Waals surface area contributed by atoms with E-state index in [1.54, 1.807) is 12.5 Å². The summed E-state index contributed by atoms with van der Waals surface area (Å²) in [5, 5.41) is 17.4. The second kappa shape index (κ2) is 8.64. The Morgan fingerprint density at radius 1 is 0.800 bits per heavy atom. The van der Waals surface area contributed by atoms with E-state index in [1.165, 1.54) is 16.7 Å². The van der Waals surface area contributed by atoms with Crippen LogP contribution in [0.2, 0.25) is 0 Å². The molecule has 1 unspecified atom stereocenters. The van der Waals surface area contributed by atoms with Crippen molar-refractivity contribution in [2.24, 2.45) is 5.92 Å². The zero-order valence-corrected chi connectivity index (χ0v) is 18.1. The minimum Gasteiger partial charge on any atom is -0.388 e. The van der Waals surface area contributed by atoms with Crippen molar-refractivity contribution in [1.29, 1.82) is 10.5 Å². The average Bonchev–Trinajstić information content (AvgIpc) is 2.75. The summed E-state index contributed by atoms with van der Waals surface area (Å²) in [5.41, 5.74) is 3.79. The van der Waals surface area contributed by atoms with Crippen LogP contribution in [0.4, 0.5) is 0 Å². The number of allylic oxidation sites excluding steroid dienone is 2. The number of hydrogen-bond donors (Lipinski definition) is 0. The van der Waals surface area contributed by atoms with Gasteiger partial charge in [-0.2, -0.15) is 0 Å². The first-order chi connectivity index (χ1) is 14.3. The lowest BCUT2D eigenvalue weighted by Gasteiger charge is -2.40. The molecule has 0 aromatic heterocycles. The Morgan fingerprint density at radius 2 is 1.30 bits per heavy atom. The van der Waals surface area contributed by atoms with E-state index in [-0.39, 0.29) is 10.8 Å². The van der Waals surface area contributed by atoms with Gasteiger partial charge < -0.3 is 9.47 Å². The van der Waals surface area contributed by atoms with Crippen molar-refractivity contribution < 1.29 is 9.47 Å². The Bertz CT molecular complexity index is 987. The van der Waals surface area contributed by atoms with Gasteiger partial charge >= 0.3 is 0 Å². The molecule has 0 heterocycles. The summed E-state index contributed by atoms with van der Waals surface area (Å²) in [7, 11) is 0. The molecule has 154 valence electrons. The minimum absolute atomic E-state index is 0.0303. The average molecular weight is 401 g/mol. The lowest BCUT2D eigenvalue weighted by molar-refractivity contribution is 0.331. The lowest BCUT2D eigenvalue weighted by Crippen LogP contribution is -2.32. The highest BCUT2D eigenvalue weighted by Gasteiger charge is 2.35. The predicted octanol–water partition coefficient (Wildman–Crippen LogP) is 6.39. The molecule has 0 saturated carbocycles. The van der Waals surface area contributed by atoms with E-state index in [0.29, 0.717) is 17.4 Å². The van der Waals surface area contributed by atoms with Crippen LogP contribution in [0.25, 0.3) is 0 Å². The number of rotatable bonds is 6. The highest BCUT2D eigenvalue weighted by Crippen LogP contribution is 2.44. The normalized spacial score (nSPS) is 16.7. The molecule has 0 aliphatic heterocycles. The van der Waals surface area contributed by atoms with E-state index in [2.05, 4.69) is 58.0 Å². The van der Waals surface area contributed by atoms with Gasteiger partial charge in [0, 0.05) is 5.41 Å². The third-order valence-corrected chi connectivity index (χ3v) is 6.59. The SMILES string of the molecule is CC(C)(C1=CC(C(C)(C)c2ccc(OC#N)cc2)CCC1)c1ccc(OC#N)cc1. The standard InChI is InChI=1S/C26H28N2O2/c1-25(2,19-8-12-23(13-9-19)29-17-27)21-6-5-7-22(16-21)26(3,4)20-10-14-24(15-11-20)30-18-28/h8-16,21H,5-7H2,1-4H3. The van der Waals surface area contributed by atoms with E-state index in [4.69, 9.17) is 20.0 Å². The minimum atomic E-state index is -0.0928. The van der Waals surface area contributed by atoms with E-state index in [9.17, 15) is 0 Å². The van der Waals surface area contributed by atoms with Crippen LogP contribution >= 0.6 is 0 Å². The van der Waals surface area contributed by atoms with Crippen LogP contribution in [0.5, 0.6) is 11.5 Å². The Labute approximate surface area is 179 Å². The van der Waals surface area contributed by atoms with Crippen LogP contribution in [0, 0.1) is 29.0 Å². The Balaban J connectivity index is 1.87. The molecule has 1 atom stereocenters. The Hall–Kier alpha value is -3.24. The van der Waals surface area contributed by atoms with Gasteiger partial charge in [0.2, 0.25) is 0 Å². The number of nitrogens with zero attached hydrogens (tertiary/aromatic N) is 2. The molecule has 30 heavy (non-hydrogen) atoms. The molecule has 0 spiro atoms. The summed E-state index contributed by atoms with van der Waals surface area (Å²) in [6.07, 6.45) is 9.32. The summed E-state index contributed by atoms with van der Waals surface area (Å²) in [4.78, 5) is 0. The maximum Gasteiger partial charge on any atom is 0.292 e. The molecule has 0 bridgehead atoms. The van der Waals surface area contributed by atoms with Crippen molar-refractivity contribution in [3.8, 4) is 24.0 Å². The highest BCUT2D eigenvalue weighted by atomic mass is 16.5. The second-order valence-electron chi connectivity index (χ2n) is 8.97. The fraction of sp³-hybridized carbons (Fsp3) is 0.385. The van der Waals surface area contributed by atoms with Crippen LogP contribution in [-0.4, -0.2) is 0 Å². The summed E-state index contributed by atoms with van der Waals surface area (Å²) in [6.45, 7) is 9.11. The van der Waals surface area contributed by atoms with Gasteiger partial charge in [0.25, 0.3) is 12.5 Å². The van der Waals surface area contributed by atoms with Gasteiger partial charge in [-0.25, -0.2) is 0 Å². The predicted molar refractivity (Wildman–Crippen MR) is 117 cm³/mol. The van der Waals surface area contributed by atoms with Crippen LogP contribution in [0.3, 0.4) is 0 Å². The monoisotopic (exact) mass is 400 g/mol. The van der Waals surface area contributed by atoms with Crippen LogP contribution in [0.15, 0.2) is 60.2 Å². The van der Waals surface area contributed by atoms with Crippen molar-refractivity contribution in [2.45, 2.75) is 57.8 Å². The molecular weight excluding hydrogens is 372 g/mol. The number of ether oxygens (including phenoxy) is 2. The molecule has 0 amide bonds. The summed E-state index contributed by atoms with van der Waals surface area (Å²) >= 11 is 0. The summed E-state index contributed by atoms with van der Waals surface area (Å²) in [5.74, 6) is 1.56. The fourth-order valence-corrected chi connectivity index (χ4v) is 4.41. The van der Waals surface area contributed by atoms with Crippen molar-refractivity contribution in [3.63, 3.8) is 0 Å². The van der Waals surface area contributed by atoms with Gasteiger partial charge in [-0.1, -0.05) is 63.6 Å². The second-order valence-corrected chi connectivity index (χ2v) is 8.97. The summed E-state index contributed by atoms with van der Waals surface area (Å²) in [6, 6.07) is 15.7. The third-order valence-electron chi connectivity index (χ3n) is 6.59. The third kappa shape index (κ3) is 4.34. The number of hydrogen-bond acceptors (Lipinski definition) is 4. The van der Waals surface area contributed by atoms with Crippen molar-refractivity contribution >= 4 is 0 Å². The quantitative estimate of drug-likeness (QED) is 0.416. The molecule has 0 radical (unpaired) electrons. The van der Waals surface area contributed by atoms with Gasteiger partial charge in [-0.3, -0.25) is 0 Å². The first-order valence-corrected chi connectivity index (χ1v) is 10.3. The Kier molecular flexibility index (Phi) is 6.18. The molecular formula is C26H28N2O2. The molecule has 4 nitrogen and oxygen atoms in total. The zero-order valence-electron chi connectivity index (χ0n) is 18.1. The van der Waals surface area contributed by atoms with Crippen LogP contribution < -0.4 is 9.47 Å². The smallest absolute Gasteiger partial charge is 0.292 e. The fourth-order valence-electron chi connectivity index (χ4n) is 4.41. The van der Waals surface area contributed by atoms with E-state index < -0.39 is 0 Å². The van der Waals surface area contributed by atoms with Crippen LogP contribution in [-0.2, 0) is 10.8 Å². The van der Waals surface area contributed by atoms with E-state index >= 15 is 0 Å². The lowest BCUT2D eigenvalue weighted by atomic mass is 9.65.